The molecule has 114 valence electrons. The van der Waals surface area contributed by atoms with Gasteiger partial charge in [-0.25, -0.2) is 4.39 Å². The molecule has 1 fully saturated rings. The van der Waals surface area contributed by atoms with Crippen LogP contribution in [0.2, 0.25) is 0 Å². The van der Waals surface area contributed by atoms with Gasteiger partial charge in [-0.05, 0) is 11.6 Å². The largest absolute Gasteiger partial charge is 0.468 e. The molecule has 1 aromatic carbocycles. The molecule has 1 aliphatic rings. The van der Waals surface area contributed by atoms with Crippen molar-refractivity contribution in [2.24, 2.45) is 0 Å². The van der Waals surface area contributed by atoms with Gasteiger partial charge in [0.25, 0.3) is 5.69 Å². The lowest BCUT2D eigenvalue weighted by Crippen LogP contribution is -2.49. The first-order valence-electron chi connectivity index (χ1n) is 6.34. The summed E-state index contributed by atoms with van der Waals surface area (Å²) in [6.45, 7) is 1.29. The van der Waals surface area contributed by atoms with Crippen molar-refractivity contribution in [3.63, 3.8) is 0 Å². The van der Waals surface area contributed by atoms with E-state index in [9.17, 15) is 19.3 Å². The van der Waals surface area contributed by atoms with E-state index in [-0.39, 0.29) is 18.8 Å². The molecule has 2 rings (SSSR count). The second-order valence-electron chi connectivity index (χ2n) is 4.66. The van der Waals surface area contributed by atoms with Crippen LogP contribution < -0.4 is 0 Å². The zero-order valence-corrected chi connectivity index (χ0v) is 11.5. The molecule has 7 nitrogen and oxygen atoms in total. The zero-order chi connectivity index (χ0) is 15.4. The van der Waals surface area contributed by atoms with Crippen molar-refractivity contribution in [1.29, 1.82) is 0 Å². The molecule has 0 spiro atoms. The van der Waals surface area contributed by atoms with Crippen LogP contribution >= 0.6 is 0 Å². The van der Waals surface area contributed by atoms with E-state index in [0.717, 1.165) is 6.07 Å². The number of ether oxygens (including phenoxy) is 2. The standard InChI is InChI=1S/C13H15FN2O5/c1-20-13(17)12-8-21-3-2-15(12)7-9-4-10(14)6-11(5-9)16(18)19/h4-6,12H,2-3,7-8H2,1H3. The highest BCUT2D eigenvalue weighted by Gasteiger charge is 2.30. The third-order valence-electron chi connectivity index (χ3n) is 3.25. The Labute approximate surface area is 120 Å². The van der Waals surface area contributed by atoms with Gasteiger partial charge in [-0.1, -0.05) is 0 Å². The fraction of sp³-hybridized carbons (Fsp3) is 0.462. The number of benzene rings is 1. The van der Waals surface area contributed by atoms with Crippen molar-refractivity contribution in [2.75, 3.05) is 26.9 Å². The molecule has 21 heavy (non-hydrogen) atoms. The molecular formula is C13H15FN2O5. The zero-order valence-electron chi connectivity index (χ0n) is 11.5. The van der Waals surface area contributed by atoms with Gasteiger partial charge in [-0.2, -0.15) is 0 Å². The summed E-state index contributed by atoms with van der Waals surface area (Å²) in [6, 6.07) is 2.79. The Morgan fingerprint density at radius 3 is 3.00 bits per heavy atom. The summed E-state index contributed by atoms with van der Waals surface area (Å²) in [7, 11) is 1.28. The van der Waals surface area contributed by atoms with Crippen LogP contribution in [0.3, 0.4) is 0 Å². The maximum absolute atomic E-state index is 13.4. The Kier molecular flexibility index (Phi) is 4.81. The number of morpholine rings is 1. The Morgan fingerprint density at radius 2 is 2.33 bits per heavy atom. The van der Waals surface area contributed by atoms with E-state index in [1.54, 1.807) is 4.90 Å². The van der Waals surface area contributed by atoms with E-state index in [2.05, 4.69) is 0 Å². The average Bonchev–Trinajstić information content (AvgIpc) is 2.46. The molecule has 1 unspecified atom stereocenters. The number of nitrogens with zero attached hydrogens (tertiary/aromatic N) is 2. The van der Waals surface area contributed by atoms with E-state index >= 15 is 0 Å². The van der Waals surface area contributed by atoms with E-state index in [1.807, 2.05) is 0 Å². The molecule has 0 bridgehead atoms. The molecule has 0 aliphatic carbocycles. The minimum absolute atomic E-state index is 0.185. The van der Waals surface area contributed by atoms with Gasteiger partial charge in [0.2, 0.25) is 0 Å². The summed E-state index contributed by atoms with van der Waals surface area (Å²) in [5, 5.41) is 10.7. The van der Waals surface area contributed by atoms with Crippen LogP contribution in [0.15, 0.2) is 18.2 Å². The van der Waals surface area contributed by atoms with Crippen LogP contribution in [-0.4, -0.2) is 48.7 Å². The normalized spacial score (nSPS) is 19.2. The number of nitro benzene ring substituents is 1. The van der Waals surface area contributed by atoms with E-state index in [4.69, 9.17) is 9.47 Å². The molecule has 1 atom stereocenters. The van der Waals surface area contributed by atoms with Crippen molar-refractivity contribution in [2.45, 2.75) is 12.6 Å². The van der Waals surface area contributed by atoms with Gasteiger partial charge < -0.3 is 9.47 Å². The lowest BCUT2D eigenvalue weighted by Gasteiger charge is -2.33. The second-order valence-corrected chi connectivity index (χ2v) is 4.66. The van der Waals surface area contributed by atoms with Crippen molar-refractivity contribution in [1.82, 2.24) is 4.90 Å². The van der Waals surface area contributed by atoms with Crippen molar-refractivity contribution in [3.8, 4) is 0 Å². The predicted molar refractivity (Wildman–Crippen MR) is 70.1 cm³/mol. The van der Waals surface area contributed by atoms with Gasteiger partial charge in [0, 0.05) is 19.2 Å². The first kappa shape index (κ1) is 15.3. The summed E-state index contributed by atoms with van der Waals surface area (Å²) < 4.78 is 23.4. The van der Waals surface area contributed by atoms with Crippen LogP contribution in [0.4, 0.5) is 10.1 Å². The fourth-order valence-corrected chi connectivity index (χ4v) is 2.24. The highest BCUT2D eigenvalue weighted by atomic mass is 19.1. The number of nitro groups is 1. The quantitative estimate of drug-likeness (QED) is 0.470. The summed E-state index contributed by atoms with van der Waals surface area (Å²) in [4.78, 5) is 23.5. The van der Waals surface area contributed by atoms with E-state index in [0.29, 0.717) is 18.7 Å². The Morgan fingerprint density at radius 1 is 1.57 bits per heavy atom. The van der Waals surface area contributed by atoms with Crippen LogP contribution in [0.1, 0.15) is 5.56 Å². The van der Waals surface area contributed by atoms with Crippen molar-refractivity contribution >= 4 is 11.7 Å². The summed E-state index contributed by atoms with van der Waals surface area (Å²) in [5.41, 5.74) is 0.116. The summed E-state index contributed by atoms with van der Waals surface area (Å²) in [6.07, 6.45) is 0. The number of non-ortho nitro benzene ring substituents is 1. The summed E-state index contributed by atoms with van der Waals surface area (Å²) in [5.74, 6) is -1.12. The molecule has 0 amide bonds. The maximum atomic E-state index is 13.4. The van der Waals surface area contributed by atoms with Crippen LogP contribution in [0.5, 0.6) is 0 Å². The summed E-state index contributed by atoms with van der Waals surface area (Å²) >= 11 is 0. The van der Waals surface area contributed by atoms with Crippen LogP contribution in [-0.2, 0) is 20.8 Å². The lowest BCUT2D eigenvalue weighted by atomic mass is 10.1. The second kappa shape index (κ2) is 6.59. The van der Waals surface area contributed by atoms with Crippen LogP contribution in [0, 0.1) is 15.9 Å². The molecule has 0 aromatic heterocycles. The Balaban J connectivity index is 2.19. The molecule has 1 aliphatic heterocycles. The highest BCUT2D eigenvalue weighted by molar-refractivity contribution is 5.75. The number of carbonyl (C=O) groups excluding carboxylic acids is 1. The van der Waals surface area contributed by atoms with Gasteiger partial charge >= 0.3 is 5.97 Å². The monoisotopic (exact) mass is 298 g/mol. The number of methoxy groups -OCH3 is 1. The van der Waals surface area contributed by atoms with Gasteiger partial charge in [0.05, 0.1) is 31.3 Å². The average molecular weight is 298 g/mol. The van der Waals surface area contributed by atoms with Crippen molar-refractivity contribution < 1.29 is 23.6 Å². The Bertz CT molecular complexity index is 551. The maximum Gasteiger partial charge on any atom is 0.325 e. The third-order valence-corrected chi connectivity index (χ3v) is 3.25. The molecule has 0 saturated carbocycles. The minimum atomic E-state index is -0.679. The first-order chi connectivity index (χ1) is 10.0. The topological polar surface area (TPSA) is 81.9 Å². The van der Waals surface area contributed by atoms with Gasteiger partial charge in [-0.15, -0.1) is 0 Å². The Hall–Kier alpha value is -2.06. The number of halogens is 1. The fourth-order valence-electron chi connectivity index (χ4n) is 2.24. The first-order valence-corrected chi connectivity index (χ1v) is 6.34. The number of hydrogen-bond donors (Lipinski definition) is 0. The number of rotatable bonds is 4. The third kappa shape index (κ3) is 3.73. The lowest BCUT2D eigenvalue weighted by molar-refractivity contribution is -0.385. The van der Waals surface area contributed by atoms with E-state index < -0.39 is 22.8 Å². The molecule has 8 heteroatoms. The molecule has 0 radical (unpaired) electrons. The van der Waals surface area contributed by atoms with Crippen LogP contribution in [0.25, 0.3) is 0 Å². The molecule has 1 aromatic rings. The highest BCUT2D eigenvalue weighted by Crippen LogP contribution is 2.20. The smallest absolute Gasteiger partial charge is 0.325 e. The van der Waals surface area contributed by atoms with Crippen molar-refractivity contribution in [3.05, 3.63) is 39.7 Å². The predicted octanol–water partition coefficient (Wildman–Crippen LogP) is 1.11. The molecule has 1 heterocycles. The number of esters is 1. The molecular weight excluding hydrogens is 283 g/mol. The molecule has 1 saturated heterocycles. The van der Waals surface area contributed by atoms with Gasteiger partial charge in [0.15, 0.2) is 0 Å². The van der Waals surface area contributed by atoms with Gasteiger partial charge in [-0.3, -0.25) is 19.8 Å². The molecule has 0 N–H and O–H groups in total. The number of carbonyl (C=O) groups is 1. The van der Waals surface area contributed by atoms with Gasteiger partial charge in [0.1, 0.15) is 11.9 Å². The SMILES string of the molecule is COC(=O)C1COCCN1Cc1cc(F)cc([N+](=O)[O-])c1. The van der Waals surface area contributed by atoms with E-state index in [1.165, 1.54) is 19.2 Å². The minimum Gasteiger partial charge on any atom is -0.468 e. The number of hydrogen-bond acceptors (Lipinski definition) is 6.